The average Bonchev–Trinajstić information content (AvgIpc) is 2.99. The molecule has 0 spiro atoms. The van der Waals surface area contributed by atoms with Crippen LogP contribution in [0.1, 0.15) is 65.9 Å². The molecule has 0 bridgehead atoms. The number of nitrogens with one attached hydrogen (secondary N) is 3. The van der Waals surface area contributed by atoms with Gasteiger partial charge in [-0.15, -0.1) is 0 Å². The Labute approximate surface area is 241 Å². The van der Waals surface area contributed by atoms with Gasteiger partial charge in [0.25, 0.3) is 0 Å². The highest BCUT2D eigenvalue weighted by molar-refractivity contribution is 6.52. The Morgan fingerprint density at radius 1 is 0.854 bits per heavy atom. The number of fused-ring (bicyclic) bond motifs is 1. The number of hydrogen-bond acceptors (Lipinski definition) is 5. The van der Waals surface area contributed by atoms with Crippen LogP contribution >= 0.6 is 0 Å². The molecule has 0 unspecified atom stereocenters. The van der Waals surface area contributed by atoms with Gasteiger partial charge in [0.05, 0.1) is 22.5 Å². The highest BCUT2D eigenvalue weighted by atomic mass is 16.3. The fourth-order valence-electron chi connectivity index (χ4n) is 6.38. The number of aliphatic hydroxyl groups excluding tert-OH is 1. The van der Waals surface area contributed by atoms with Gasteiger partial charge >= 0.3 is 0 Å². The van der Waals surface area contributed by atoms with Gasteiger partial charge in [0.15, 0.2) is 0 Å². The quantitative estimate of drug-likeness (QED) is 0.194. The van der Waals surface area contributed by atoms with E-state index in [2.05, 4.69) is 81.4 Å². The number of aliphatic hydroxyl groups is 1. The zero-order valence-electron chi connectivity index (χ0n) is 24.7. The number of hydrogen-bond donors (Lipinski definition) is 4. The standard InChI is InChI=1S/C36H39N3O2/c1-7-35(6,8-2)38-31-24(19-17-22-14-11-13-21(5)27(22)31)29-33(40)30(34(29)41)25-20-18-23-15-12-16-26-28(23)32(25)39-36(9-3,10-4)37-26/h11-20,37-40H,5,7-10H2,1-4,6H3/b29-24-. The summed E-state index contributed by atoms with van der Waals surface area (Å²) in [4.78, 5) is 14.1. The first-order chi connectivity index (χ1) is 19.7. The van der Waals surface area contributed by atoms with Crippen LogP contribution in [-0.4, -0.2) is 22.1 Å². The summed E-state index contributed by atoms with van der Waals surface area (Å²) in [7, 11) is 0. The molecule has 4 aromatic carbocycles. The molecule has 5 nitrogen and oxygen atoms in total. The average molecular weight is 546 g/mol. The van der Waals surface area contributed by atoms with E-state index in [0.29, 0.717) is 16.4 Å². The Balaban J connectivity index is 1.62. The Kier molecular flexibility index (Phi) is 6.37. The molecular weight excluding hydrogens is 506 g/mol. The lowest BCUT2D eigenvalue weighted by Gasteiger charge is -2.41. The summed E-state index contributed by atoms with van der Waals surface area (Å²) in [6.07, 6.45) is 3.54. The highest BCUT2D eigenvalue weighted by Gasteiger charge is 2.40. The number of carbonyl (C=O) groups is 1. The van der Waals surface area contributed by atoms with Crippen LogP contribution in [0.15, 0.2) is 66.4 Å². The van der Waals surface area contributed by atoms with Crippen molar-refractivity contribution < 1.29 is 9.90 Å². The summed E-state index contributed by atoms with van der Waals surface area (Å²) in [5.74, 6) is -0.103. The van der Waals surface area contributed by atoms with Gasteiger partial charge in [-0.2, -0.15) is 0 Å². The number of allylic oxidation sites excluding steroid dienone is 2. The van der Waals surface area contributed by atoms with E-state index in [1.807, 2.05) is 36.4 Å². The molecule has 5 heteroatoms. The molecule has 0 atom stereocenters. The second-order valence-corrected chi connectivity index (χ2v) is 11.8. The molecule has 4 aromatic rings. The fraction of sp³-hybridized carbons (Fsp3) is 0.306. The van der Waals surface area contributed by atoms with Crippen LogP contribution in [0.25, 0.3) is 39.3 Å². The van der Waals surface area contributed by atoms with Crippen molar-refractivity contribution in [2.45, 2.75) is 71.5 Å². The maximum absolute atomic E-state index is 14.1. The van der Waals surface area contributed by atoms with Crippen molar-refractivity contribution in [2.24, 2.45) is 0 Å². The molecule has 1 aliphatic heterocycles. The van der Waals surface area contributed by atoms with Gasteiger partial charge in [0.2, 0.25) is 5.78 Å². The van der Waals surface area contributed by atoms with Crippen LogP contribution in [0.3, 0.4) is 0 Å². The topological polar surface area (TPSA) is 73.4 Å². The van der Waals surface area contributed by atoms with Crippen molar-refractivity contribution >= 4 is 62.1 Å². The predicted octanol–water partition coefficient (Wildman–Crippen LogP) is 7.45. The van der Waals surface area contributed by atoms with E-state index < -0.39 is 0 Å². The van der Waals surface area contributed by atoms with E-state index >= 15 is 0 Å². The molecule has 1 heterocycles. The Morgan fingerprint density at radius 3 is 2.17 bits per heavy atom. The van der Waals surface area contributed by atoms with E-state index in [1.54, 1.807) is 0 Å². The first kappa shape index (κ1) is 26.9. The molecule has 210 valence electrons. The maximum Gasteiger partial charge on any atom is 0.201 e. The molecule has 0 fully saturated rings. The van der Waals surface area contributed by atoms with Gasteiger partial charge in [-0.25, -0.2) is 0 Å². The first-order valence-electron chi connectivity index (χ1n) is 14.8. The Bertz CT molecular complexity index is 1880. The number of ketones is 1. The van der Waals surface area contributed by atoms with E-state index in [4.69, 9.17) is 0 Å². The van der Waals surface area contributed by atoms with Crippen molar-refractivity contribution in [1.29, 1.82) is 0 Å². The Morgan fingerprint density at radius 2 is 1.51 bits per heavy atom. The SMILES string of the molecule is C=c1cccc2cc/c(=C3/C(=O)C(c4ccc5cccc6c5c4NC(CC)(CC)N6)=C3O)c(NC(C)(CC)CC)c12. The van der Waals surface area contributed by atoms with Gasteiger partial charge in [-0.3, -0.25) is 4.79 Å². The van der Waals surface area contributed by atoms with Crippen molar-refractivity contribution in [3.8, 4) is 0 Å². The number of carbonyl (C=O) groups excluding carboxylic acids is 1. The van der Waals surface area contributed by atoms with Crippen LogP contribution < -0.4 is 26.4 Å². The number of benzene rings is 4. The minimum atomic E-state index is -0.336. The fourth-order valence-corrected chi connectivity index (χ4v) is 6.38. The van der Waals surface area contributed by atoms with E-state index in [1.165, 1.54) is 0 Å². The van der Waals surface area contributed by atoms with Crippen molar-refractivity contribution in [3.63, 3.8) is 0 Å². The molecule has 6 rings (SSSR count). The van der Waals surface area contributed by atoms with Gasteiger partial charge in [0, 0.05) is 32.8 Å². The zero-order chi connectivity index (χ0) is 29.1. The summed E-state index contributed by atoms with van der Waals surface area (Å²) >= 11 is 0. The molecule has 4 N–H and O–H groups in total. The van der Waals surface area contributed by atoms with E-state index in [0.717, 1.165) is 75.1 Å². The number of anilines is 3. The van der Waals surface area contributed by atoms with Gasteiger partial charge < -0.3 is 21.1 Å². The molecule has 2 aliphatic rings. The molecule has 0 radical (unpaired) electrons. The smallest absolute Gasteiger partial charge is 0.201 e. The van der Waals surface area contributed by atoms with Gasteiger partial charge in [0.1, 0.15) is 11.4 Å². The minimum Gasteiger partial charge on any atom is -0.506 e. The Hall–Kier alpha value is -4.25. The minimum absolute atomic E-state index is 0.0423. The largest absolute Gasteiger partial charge is 0.506 e. The van der Waals surface area contributed by atoms with Crippen LogP contribution in [0.5, 0.6) is 0 Å². The molecule has 0 saturated carbocycles. The summed E-state index contributed by atoms with van der Waals surface area (Å²) in [6, 6.07) is 20.2. The predicted molar refractivity (Wildman–Crippen MR) is 174 cm³/mol. The lowest BCUT2D eigenvalue weighted by Crippen LogP contribution is -2.47. The summed E-state index contributed by atoms with van der Waals surface area (Å²) in [6.45, 7) is 15.1. The normalized spacial score (nSPS) is 17.3. The number of Topliss-reactive ketones (excluding diaryl/α,β-unsaturated/α-hetero) is 1. The first-order valence-corrected chi connectivity index (χ1v) is 14.8. The van der Waals surface area contributed by atoms with Crippen molar-refractivity contribution in [1.82, 2.24) is 0 Å². The lowest BCUT2D eigenvalue weighted by atomic mass is 9.79. The van der Waals surface area contributed by atoms with Gasteiger partial charge in [-0.05, 0) is 54.7 Å². The van der Waals surface area contributed by atoms with Crippen LogP contribution in [0.4, 0.5) is 17.1 Å². The lowest BCUT2D eigenvalue weighted by molar-refractivity contribution is -0.109. The highest BCUT2D eigenvalue weighted by Crippen LogP contribution is 2.47. The van der Waals surface area contributed by atoms with Gasteiger partial charge in [-0.1, -0.05) is 88.9 Å². The second kappa shape index (κ2) is 9.69. The molecule has 1 aliphatic carbocycles. The third-order valence-electron chi connectivity index (χ3n) is 9.58. The third kappa shape index (κ3) is 4.01. The summed E-state index contributed by atoms with van der Waals surface area (Å²) in [5, 5.41) is 28.7. The van der Waals surface area contributed by atoms with Crippen molar-refractivity contribution in [3.05, 3.63) is 82.4 Å². The molecular formula is C36H39N3O2. The molecule has 0 saturated heterocycles. The van der Waals surface area contributed by atoms with E-state index in [9.17, 15) is 9.90 Å². The molecule has 41 heavy (non-hydrogen) atoms. The third-order valence-corrected chi connectivity index (χ3v) is 9.58. The number of rotatable bonds is 7. The second-order valence-electron chi connectivity index (χ2n) is 11.8. The van der Waals surface area contributed by atoms with Crippen molar-refractivity contribution in [2.75, 3.05) is 16.0 Å². The van der Waals surface area contributed by atoms with Crippen LogP contribution in [0, 0.1) is 0 Å². The summed E-state index contributed by atoms with van der Waals surface area (Å²) in [5.41, 5.74) is 3.74. The van der Waals surface area contributed by atoms with Crippen LogP contribution in [0.2, 0.25) is 0 Å². The van der Waals surface area contributed by atoms with E-state index in [-0.39, 0.29) is 22.7 Å². The molecule has 0 amide bonds. The zero-order valence-corrected chi connectivity index (χ0v) is 24.7. The maximum atomic E-state index is 14.1. The van der Waals surface area contributed by atoms with Crippen LogP contribution in [-0.2, 0) is 4.79 Å². The molecule has 0 aromatic heterocycles. The monoisotopic (exact) mass is 545 g/mol. The summed E-state index contributed by atoms with van der Waals surface area (Å²) < 4.78 is 0.